The van der Waals surface area contributed by atoms with Crippen LogP contribution in [0.2, 0.25) is 0 Å². The third kappa shape index (κ3) is 3.48. The topological polar surface area (TPSA) is 59.9 Å². The fraction of sp³-hybridized carbons (Fsp3) is 0.357. The predicted octanol–water partition coefficient (Wildman–Crippen LogP) is 1.77. The van der Waals surface area contributed by atoms with Crippen molar-refractivity contribution in [2.75, 3.05) is 14.2 Å². The standard InChI is InChI=1S/C14H18N4O/c1-15-12(4-3-11-5-7-16-8-6-11)13-14(19-2)18-10-9-17-13/h5-10,12,15H,3-4H2,1-2H3. The second kappa shape index (κ2) is 6.80. The van der Waals surface area contributed by atoms with Crippen LogP contribution in [0.25, 0.3) is 0 Å². The number of ether oxygens (including phenoxy) is 1. The van der Waals surface area contributed by atoms with Gasteiger partial charge in [-0.25, -0.2) is 4.98 Å². The maximum Gasteiger partial charge on any atom is 0.236 e. The Balaban J connectivity index is 2.08. The van der Waals surface area contributed by atoms with Crippen LogP contribution in [-0.2, 0) is 6.42 Å². The van der Waals surface area contributed by atoms with Gasteiger partial charge >= 0.3 is 0 Å². The number of nitrogens with one attached hydrogen (secondary N) is 1. The Morgan fingerprint density at radius 3 is 2.58 bits per heavy atom. The second-order valence-corrected chi connectivity index (χ2v) is 4.19. The highest BCUT2D eigenvalue weighted by molar-refractivity contribution is 5.21. The third-order valence-electron chi connectivity index (χ3n) is 3.03. The van der Waals surface area contributed by atoms with Gasteiger partial charge in [0.1, 0.15) is 5.69 Å². The van der Waals surface area contributed by atoms with E-state index in [2.05, 4.69) is 20.3 Å². The van der Waals surface area contributed by atoms with E-state index in [1.54, 1.807) is 19.5 Å². The predicted molar refractivity (Wildman–Crippen MR) is 72.9 cm³/mol. The highest BCUT2D eigenvalue weighted by Gasteiger charge is 2.16. The highest BCUT2D eigenvalue weighted by atomic mass is 16.5. The van der Waals surface area contributed by atoms with Crippen molar-refractivity contribution in [1.29, 1.82) is 0 Å². The van der Waals surface area contributed by atoms with Crippen LogP contribution in [0.3, 0.4) is 0 Å². The van der Waals surface area contributed by atoms with E-state index in [4.69, 9.17) is 4.74 Å². The van der Waals surface area contributed by atoms with E-state index >= 15 is 0 Å². The molecule has 100 valence electrons. The molecule has 0 amide bonds. The number of pyridine rings is 1. The van der Waals surface area contributed by atoms with Gasteiger partial charge in [-0.15, -0.1) is 0 Å². The summed E-state index contributed by atoms with van der Waals surface area (Å²) < 4.78 is 5.26. The maximum atomic E-state index is 5.26. The van der Waals surface area contributed by atoms with Crippen molar-refractivity contribution in [2.45, 2.75) is 18.9 Å². The minimum absolute atomic E-state index is 0.122. The lowest BCUT2D eigenvalue weighted by Crippen LogP contribution is -2.19. The fourth-order valence-electron chi connectivity index (χ4n) is 2.01. The Hall–Kier alpha value is -2.01. The summed E-state index contributed by atoms with van der Waals surface area (Å²) in [6, 6.07) is 4.18. The molecule has 19 heavy (non-hydrogen) atoms. The van der Waals surface area contributed by atoms with E-state index in [0.717, 1.165) is 18.5 Å². The number of nitrogens with zero attached hydrogens (tertiary/aromatic N) is 3. The second-order valence-electron chi connectivity index (χ2n) is 4.19. The fourth-order valence-corrected chi connectivity index (χ4v) is 2.01. The number of aryl methyl sites for hydroxylation is 1. The maximum absolute atomic E-state index is 5.26. The van der Waals surface area contributed by atoms with Crippen LogP contribution in [0.1, 0.15) is 23.7 Å². The minimum atomic E-state index is 0.122. The summed E-state index contributed by atoms with van der Waals surface area (Å²) in [7, 11) is 3.54. The average molecular weight is 258 g/mol. The van der Waals surface area contributed by atoms with Gasteiger partial charge in [0.15, 0.2) is 0 Å². The quantitative estimate of drug-likeness (QED) is 0.855. The zero-order valence-corrected chi connectivity index (χ0v) is 11.2. The molecule has 0 bridgehead atoms. The number of hydrogen-bond donors (Lipinski definition) is 1. The van der Waals surface area contributed by atoms with E-state index in [-0.39, 0.29) is 6.04 Å². The molecule has 0 radical (unpaired) electrons. The molecule has 0 aliphatic rings. The van der Waals surface area contributed by atoms with Gasteiger partial charge in [-0.05, 0) is 37.6 Å². The Morgan fingerprint density at radius 2 is 1.89 bits per heavy atom. The number of aromatic nitrogens is 3. The highest BCUT2D eigenvalue weighted by Crippen LogP contribution is 2.23. The van der Waals surface area contributed by atoms with Gasteiger partial charge < -0.3 is 10.1 Å². The molecule has 2 heterocycles. The van der Waals surface area contributed by atoms with Crippen LogP contribution in [0, 0.1) is 0 Å². The molecular formula is C14H18N4O. The van der Waals surface area contributed by atoms with Crippen LogP contribution < -0.4 is 10.1 Å². The van der Waals surface area contributed by atoms with Crippen molar-refractivity contribution in [2.24, 2.45) is 0 Å². The molecular weight excluding hydrogens is 240 g/mol. The van der Waals surface area contributed by atoms with Crippen molar-refractivity contribution in [1.82, 2.24) is 20.3 Å². The van der Waals surface area contributed by atoms with Gasteiger partial charge in [-0.2, -0.15) is 0 Å². The first-order valence-electron chi connectivity index (χ1n) is 6.26. The largest absolute Gasteiger partial charge is 0.480 e. The Bertz CT molecular complexity index is 504. The van der Waals surface area contributed by atoms with Crippen LogP contribution in [-0.4, -0.2) is 29.1 Å². The zero-order chi connectivity index (χ0) is 13.5. The van der Waals surface area contributed by atoms with E-state index in [0.29, 0.717) is 5.88 Å². The van der Waals surface area contributed by atoms with Crippen molar-refractivity contribution >= 4 is 0 Å². The summed E-state index contributed by atoms with van der Waals surface area (Å²) in [4.78, 5) is 12.6. The van der Waals surface area contributed by atoms with Crippen LogP contribution in [0.15, 0.2) is 36.9 Å². The third-order valence-corrected chi connectivity index (χ3v) is 3.03. The van der Waals surface area contributed by atoms with Gasteiger partial charge in [0, 0.05) is 24.8 Å². The molecule has 2 aromatic rings. The lowest BCUT2D eigenvalue weighted by molar-refractivity contribution is 0.377. The number of methoxy groups -OCH3 is 1. The molecule has 5 nitrogen and oxygen atoms in total. The van der Waals surface area contributed by atoms with Gasteiger partial charge in [-0.3, -0.25) is 9.97 Å². The summed E-state index contributed by atoms with van der Waals surface area (Å²) in [5.41, 5.74) is 2.11. The van der Waals surface area contributed by atoms with Crippen molar-refractivity contribution < 1.29 is 4.74 Å². The molecule has 0 aliphatic carbocycles. The molecule has 2 rings (SSSR count). The smallest absolute Gasteiger partial charge is 0.236 e. The molecule has 0 aliphatic heterocycles. The van der Waals surface area contributed by atoms with Crippen molar-refractivity contribution in [3.63, 3.8) is 0 Å². The molecule has 0 fully saturated rings. The summed E-state index contributed by atoms with van der Waals surface area (Å²) in [5, 5.41) is 3.27. The molecule has 0 saturated carbocycles. The number of hydrogen-bond acceptors (Lipinski definition) is 5. The van der Waals surface area contributed by atoms with Crippen LogP contribution >= 0.6 is 0 Å². The molecule has 1 atom stereocenters. The van der Waals surface area contributed by atoms with Crippen LogP contribution in [0.5, 0.6) is 5.88 Å². The summed E-state index contributed by atoms with van der Waals surface area (Å²) in [5.74, 6) is 0.580. The molecule has 1 N–H and O–H groups in total. The Labute approximate surface area is 113 Å². The summed E-state index contributed by atoms with van der Waals surface area (Å²) in [6.45, 7) is 0. The van der Waals surface area contributed by atoms with Gasteiger partial charge in [0.05, 0.1) is 13.2 Å². The Kier molecular flexibility index (Phi) is 4.80. The molecule has 0 aromatic carbocycles. The molecule has 2 aromatic heterocycles. The van der Waals surface area contributed by atoms with Crippen LogP contribution in [0.4, 0.5) is 0 Å². The van der Waals surface area contributed by atoms with E-state index in [9.17, 15) is 0 Å². The first kappa shape index (κ1) is 13.4. The zero-order valence-electron chi connectivity index (χ0n) is 11.2. The SMILES string of the molecule is CNC(CCc1ccncc1)c1nccnc1OC. The first-order chi connectivity index (χ1) is 9.35. The summed E-state index contributed by atoms with van der Waals surface area (Å²) in [6.07, 6.45) is 8.83. The lowest BCUT2D eigenvalue weighted by atomic mass is 10.0. The van der Waals surface area contributed by atoms with Crippen molar-refractivity contribution in [3.8, 4) is 5.88 Å². The van der Waals surface area contributed by atoms with E-state index in [1.165, 1.54) is 5.56 Å². The van der Waals surface area contributed by atoms with E-state index in [1.807, 2.05) is 31.6 Å². The van der Waals surface area contributed by atoms with E-state index < -0.39 is 0 Å². The monoisotopic (exact) mass is 258 g/mol. The molecule has 0 spiro atoms. The van der Waals surface area contributed by atoms with Gasteiger partial charge in [-0.1, -0.05) is 0 Å². The normalized spacial score (nSPS) is 12.1. The first-order valence-corrected chi connectivity index (χ1v) is 6.26. The van der Waals surface area contributed by atoms with Gasteiger partial charge in [0.2, 0.25) is 5.88 Å². The van der Waals surface area contributed by atoms with Crippen molar-refractivity contribution in [3.05, 3.63) is 48.2 Å². The summed E-state index contributed by atoms with van der Waals surface area (Å²) >= 11 is 0. The number of rotatable bonds is 6. The lowest BCUT2D eigenvalue weighted by Gasteiger charge is -2.17. The minimum Gasteiger partial charge on any atom is -0.480 e. The Morgan fingerprint density at radius 1 is 1.16 bits per heavy atom. The van der Waals surface area contributed by atoms with Gasteiger partial charge in [0.25, 0.3) is 0 Å². The molecule has 0 saturated heterocycles. The average Bonchev–Trinajstić information content (AvgIpc) is 2.49. The molecule has 5 heteroatoms. The molecule has 1 unspecified atom stereocenters.